The maximum absolute atomic E-state index is 12.1. The topological polar surface area (TPSA) is 70.5 Å². The number of aromatic nitrogens is 2. The molecule has 8 heteroatoms. The second-order valence-electron chi connectivity index (χ2n) is 9.69. The SMILES string of the molecule is CCCCCCCCCCOC(=O)OC[P+]1(C)CCC=C(c2nsnc2OCCCCCC)C1. The van der Waals surface area contributed by atoms with E-state index in [4.69, 9.17) is 14.2 Å². The molecule has 34 heavy (non-hydrogen) atoms. The summed E-state index contributed by atoms with van der Waals surface area (Å²) < 4.78 is 25.7. The molecule has 0 saturated heterocycles. The van der Waals surface area contributed by atoms with Crippen molar-refractivity contribution in [2.75, 3.05) is 38.6 Å². The van der Waals surface area contributed by atoms with E-state index in [1.165, 1.54) is 75.1 Å². The number of allylic oxidation sites excluding steroid dienone is 2. The first-order valence-electron chi connectivity index (χ1n) is 13.4. The Kier molecular flexibility index (Phi) is 14.7. The fourth-order valence-electron chi connectivity index (χ4n) is 4.20. The number of carbonyl (C=O) groups excluding carboxylic acids is 1. The quantitative estimate of drug-likeness (QED) is 0.112. The Bertz CT molecular complexity index is 727. The average Bonchev–Trinajstić information content (AvgIpc) is 3.30. The highest BCUT2D eigenvalue weighted by molar-refractivity contribution is 7.75. The number of nitrogens with zero attached hydrogens (tertiary/aromatic N) is 2. The third-order valence-electron chi connectivity index (χ3n) is 6.32. The van der Waals surface area contributed by atoms with E-state index < -0.39 is 13.4 Å². The molecular weight excluding hydrogens is 467 g/mol. The van der Waals surface area contributed by atoms with Crippen LogP contribution in [0.25, 0.3) is 5.57 Å². The summed E-state index contributed by atoms with van der Waals surface area (Å²) in [7, 11) is -1.45. The van der Waals surface area contributed by atoms with Crippen LogP contribution >= 0.6 is 19.0 Å². The molecule has 0 aromatic carbocycles. The lowest BCUT2D eigenvalue weighted by molar-refractivity contribution is 0.0661. The summed E-state index contributed by atoms with van der Waals surface area (Å²) in [6.45, 7) is 7.86. The Labute approximate surface area is 211 Å². The molecule has 2 heterocycles. The zero-order valence-electron chi connectivity index (χ0n) is 21.7. The highest BCUT2D eigenvalue weighted by atomic mass is 32.1. The molecule has 0 amide bonds. The first-order chi connectivity index (χ1) is 16.6. The summed E-state index contributed by atoms with van der Waals surface area (Å²) in [5.74, 6) is 0.659. The number of unbranched alkanes of at least 4 members (excludes halogenated alkanes) is 10. The zero-order chi connectivity index (χ0) is 24.5. The molecule has 194 valence electrons. The Morgan fingerprint density at radius 2 is 1.56 bits per heavy atom. The first-order valence-corrected chi connectivity index (χ1v) is 16.9. The van der Waals surface area contributed by atoms with E-state index in [0.29, 0.717) is 25.4 Å². The average molecular weight is 514 g/mol. The van der Waals surface area contributed by atoms with E-state index in [9.17, 15) is 4.79 Å². The Hall–Kier alpha value is -1.20. The molecular formula is C26H46N2O4PS+. The van der Waals surface area contributed by atoms with Gasteiger partial charge in [-0.05, 0) is 19.3 Å². The van der Waals surface area contributed by atoms with Gasteiger partial charge in [0, 0.05) is 5.57 Å². The molecule has 1 aromatic heterocycles. The summed E-state index contributed by atoms with van der Waals surface area (Å²) in [4.78, 5) is 12.1. The summed E-state index contributed by atoms with van der Waals surface area (Å²) in [5.41, 5.74) is 2.07. The molecule has 0 saturated carbocycles. The van der Waals surface area contributed by atoms with Crippen LogP contribution in [0.3, 0.4) is 0 Å². The van der Waals surface area contributed by atoms with Crippen LogP contribution in [0.2, 0.25) is 0 Å². The van der Waals surface area contributed by atoms with Crippen LogP contribution in [-0.4, -0.2) is 53.5 Å². The van der Waals surface area contributed by atoms with E-state index in [0.717, 1.165) is 43.7 Å². The van der Waals surface area contributed by atoms with Crippen LogP contribution in [-0.2, 0) is 9.47 Å². The number of rotatable bonds is 18. The second kappa shape index (κ2) is 17.3. The Balaban J connectivity index is 1.66. The van der Waals surface area contributed by atoms with E-state index >= 15 is 0 Å². The lowest BCUT2D eigenvalue weighted by Crippen LogP contribution is -2.18. The van der Waals surface area contributed by atoms with Gasteiger partial charge in [0.05, 0.1) is 51.2 Å². The molecule has 1 aliphatic rings. The first kappa shape index (κ1) is 29.0. The molecule has 1 aromatic rings. The smallest absolute Gasteiger partial charge is 0.475 e. The van der Waals surface area contributed by atoms with Gasteiger partial charge >= 0.3 is 6.16 Å². The van der Waals surface area contributed by atoms with Crippen molar-refractivity contribution in [1.82, 2.24) is 8.75 Å². The fraction of sp³-hybridized carbons (Fsp3) is 0.808. The summed E-state index contributed by atoms with van der Waals surface area (Å²) in [5, 5.41) is 0. The van der Waals surface area contributed by atoms with Crippen molar-refractivity contribution >= 4 is 30.7 Å². The molecule has 0 spiro atoms. The fourth-order valence-corrected chi connectivity index (χ4v) is 7.38. The van der Waals surface area contributed by atoms with Gasteiger partial charge in [0.1, 0.15) is 5.69 Å². The molecule has 0 N–H and O–H groups in total. The highest BCUT2D eigenvalue weighted by Gasteiger charge is 2.38. The van der Waals surface area contributed by atoms with Crippen LogP contribution in [0.4, 0.5) is 4.79 Å². The predicted molar refractivity (Wildman–Crippen MR) is 145 cm³/mol. The van der Waals surface area contributed by atoms with Gasteiger partial charge in [0.2, 0.25) is 6.35 Å². The van der Waals surface area contributed by atoms with Crippen LogP contribution in [0, 0.1) is 0 Å². The molecule has 1 unspecified atom stereocenters. The maximum atomic E-state index is 12.1. The third-order valence-corrected chi connectivity index (χ3v) is 10.0. The van der Waals surface area contributed by atoms with E-state index in [-0.39, 0.29) is 0 Å². The minimum absolute atomic E-state index is 0.456. The van der Waals surface area contributed by atoms with Gasteiger partial charge in [-0.2, -0.15) is 4.37 Å². The van der Waals surface area contributed by atoms with E-state index in [1.807, 2.05) is 0 Å². The molecule has 0 fully saturated rings. The van der Waals surface area contributed by atoms with Crippen LogP contribution < -0.4 is 4.74 Å². The maximum Gasteiger partial charge on any atom is 0.511 e. The van der Waals surface area contributed by atoms with Gasteiger partial charge in [0.25, 0.3) is 5.88 Å². The minimum atomic E-state index is -1.45. The number of ether oxygens (including phenoxy) is 3. The monoisotopic (exact) mass is 513 g/mol. The normalized spacial score (nSPS) is 17.9. The molecule has 6 nitrogen and oxygen atoms in total. The second-order valence-corrected chi connectivity index (χ2v) is 14.5. The lowest BCUT2D eigenvalue weighted by atomic mass is 10.1. The van der Waals surface area contributed by atoms with Crippen molar-refractivity contribution in [2.24, 2.45) is 0 Å². The number of hydrogen-bond donors (Lipinski definition) is 0. The van der Waals surface area contributed by atoms with Crippen molar-refractivity contribution in [3.05, 3.63) is 11.8 Å². The zero-order valence-corrected chi connectivity index (χ0v) is 23.4. The molecule has 1 aliphatic heterocycles. The Morgan fingerprint density at radius 3 is 2.29 bits per heavy atom. The number of hydrogen-bond acceptors (Lipinski definition) is 7. The largest absolute Gasteiger partial charge is 0.511 e. The summed E-state index contributed by atoms with van der Waals surface area (Å²) in [6, 6.07) is 0. The third kappa shape index (κ3) is 11.5. The highest BCUT2D eigenvalue weighted by Crippen LogP contribution is 2.60. The predicted octanol–water partition coefficient (Wildman–Crippen LogP) is 8.18. The van der Waals surface area contributed by atoms with Gasteiger partial charge in [-0.1, -0.05) is 84.1 Å². The van der Waals surface area contributed by atoms with Gasteiger partial charge in [-0.3, -0.25) is 0 Å². The van der Waals surface area contributed by atoms with Crippen molar-refractivity contribution in [1.29, 1.82) is 0 Å². The van der Waals surface area contributed by atoms with Crippen molar-refractivity contribution in [3.63, 3.8) is 0 Å². The van der Waals surface area contributed by atoms with Crippen molar-refractivity contribution in [3.8, 4) is 5.88 Å². The van der Waals surface area contributed by atoms with Crippen LogP contribution in [0.15, 0.2) is 6.08 Å². The van der Waals surface area contributed by atoms with Crippen LogP contribution in [0.1, 0.15) is 103 Å². The molecule has 0 radical (unpaired) electrons. The van der Waals surface area contributed by atoms with Gasteiger partial charge < -0.3 is 14.2 Å². The molecule has 0 aliphatic carbocycles. The minimum Gasteiger partial charge on any atom is -0.475 e. The van der Waals surface area contributed by atoms with Crippen molar-refractivity contribution in [2.45, 2.75) is 97.3 Å². The standard InChI is InChI=1S/C26H46N2O4PS/c1-4-6-8-10-11-12-13-15-19-31-26(29)32-22-33(3)20-16-17-23(21-33)24-25(28-34-27-24)30-18-14-9-7-5-2/h17H,4-16,18-22H2,1-3H3/q+1. The van der Waals surface area contributed by atoms with Gasteiger partial charge in [0.15, 0.2) is 0 Å². The van der Waals surface area contributed by atoms with Crippen molar-refractivity contribution < 1.29 is 19.0 Å². The lowest BCUT2D eigenvalue weighted by Gasteiger charge is -2.26. The van der Waals surface area contributed by atoms with Gasteiger partial charge in [-0.15, -0.1) is 4.37 Å². The summed E-state index contributed by atoms with van der Waals surface area (Å²) in [6.07, 6.45) is 19.6. The Morgan fingerprint density at radius 1 is 0.912 bits per heavy atom. The summed E-state index contributed by atoms with van der Waals surface area (Å²) >= 11 is 1.21. The van der Waals surface area contributed by atoms with Crippen LogP contribution in [0.5, 0.6) is 5.88 Å². The number of carbonyl (C=O) groups is 1. The van der Waals surface area contributed by atoms with Gasteiger partial charge in [-0.25, -0.2) is 4.79 Å². The van der Waals surface area contributed by atoms with E-state index in [2.05, 4.69) is 35.3 Å². The molecule has 2 rings (SSSR count). The molecule has 0 bridgehead atoms. The van der Waals surface area contributed by atoms with E-state index in [1.54, 1.807) is 0 Å². The molecule has 1 atom stereocenters.